The van der Waals surface area contributed by atoms with E-state index in [4.69, 9.17) is 5.73 Å². The summed E-state index contributed by atoms with van der Waals surface area (Å²) in [6.07, 6.45) is 0. The van der Waals surface area contributed by atoms with Crippen molar-refractivity contribution in [3.63, 3.8) is 0 Å². The number of nitrogen functional groups attached to an aromatic ring is 1. The van der Waals surface area contributed by atoms with Crippen molar-refractivity contribution in [3.8, 4) is 0 Å². The summed E-state index contributed by atoms with van der Waals surface area (Å²) in [7, 11) is 1.56. The third-order valence-corrected chi connectivity index (χ3v) is 2.32. The molecule has 0 heterocycles. The molecule has 6 heteroatoms. The van der Waals surface area contributed by atoms with Gasteiger partial charge >= 0.3 is 6.03 Å². The van der Waals surface area contributed by atoms with Gasteiger partial charge < -0.3 is 21.3 Å². The van der Waals surface area contributed by atoms with Crippen LogP contribution >= 0.6 is 0 Å². The lowest BCUT2D eigenvalue weighted by Crippen LogP contribution is -2.42. The third-order valence-electron chi connectivity index (χ3n) is 2.32. The minimum atomic E-state index is -0.357. The molecule has 0 bridgehead atoms. The molecule has 104 valence electrons. The number of nitrogens with zero attached hydrogens (tertiary/aromatic N) is 1. The number of benzene rings is 1. The zero-order valence-corrected chi connectivity index (χ0v) is 11.4. The van der Waals surface area contributed by atoms with Crippen molar-refractivity contribution in [2.45, 2.75) is 19.9 Å². The molecule has 0 fully saturated rings. The summed E-state index contributed by atoms with van der Waals surface area (Å²) in [5.74, 6) is -0.194. The monoisotopic (exact) mass is 264 g/mol. The topological polar surface area (TPSA) is 87.5 Å². The third kappa shape index (κ3) is 5.29. The highest BCUT2D eigenvalue weighted by Gasteiger charge is 2.13. The molecule has 1 aromatic carbocycles. The second-order valence-electron chi connectivity index (χ2n) is 4.63. The van der Waals surface area contributed by atoms with Crippen LogP contribution in [0.2, 0.25) is 0 Å². The molecule has 0 radical (unpaired) electrons. The lowest BCUT2D eigenvalue weighted by Gasteiger charge is -2.18. The fourth-order valence-corrected chi connectivity index (χ4v) is 1.49. The Morgan fingerprint density at radius 2 is 2.05 bits per heavy atom. The van der Waals surface area contributed by atoms with Gasteiger partial charge in [-0.2, -0.15) is 0 Å². The van der Waals surface area contributed by atoms with Gasteiger partial charge in [0.15, 0.2) is 0 Å². The fraction of sp³-hybridized carbons (Fsp3) is 0.385. The van der Waals surface area contributed by atoms with Crippen LogP contribution in [0, 0.1) is 0 Å². The first-order valence-electron chi connectivity index (χ1n) is 6.05. The Morgan fingerprint density at radius 3 is 2.63 bits per heavy atom. The van der Waals surface area contributed by atoms with Gasteiger partial charge in [0.2, 0.25) is 5.91 Å². The van der Waals surface area contributed by atoms with Crippen molar-refractivity contribution in [2.24, 2.45) is 0 Å². The zero-order chi connectivity index (χ0) is 14.4. The summed E-state index contributed by atoms with van der Waals surface area (Å²) in [6, 6.07) is 6.56. The number of rotatable bonds is 4. The predicted molar refractivity (Wildman–Crippen MR) is 75.8 cm³/mol. The fourth-order valence-electron chi connectivity index (χ4n) is 1.49. The number of hydrogen-bond acceptors (Lipinski definition) is 3. The molecule has 0 spiro atoms. The summed E-state index contributed by atoms with van der Waals surface area (Å²) in [5, 5.41) is 5.39. The highest BCUT2D eigenvalue weighted by Crippen LogP contribution is 2.12. The summed E-state index contributed by atoms with van der Waals surface area (Å²) < 4.78 is 0. The van der Waals surface area contributed by atoms with Crippen molar-refractivity contribution in [1.29, 1.82) is 0 Å². The highest BCUT2D eigenvalue weighted by molar-refractivity contribution is 5.92. The van der Waals surface area contributed by atoms with E-state index < -0.39 is 0 Å². The van der Waals surface area contributed by atoms with E-state index in [0.717, 1.165) is 0 Å². The Kier molecular flexibility index (Phi) is 5.17. The Bertz CT molecular complexity index is 460. The summed E-state index contributed by atoms with van der Waals surface area (Å²) in [6.45, 7) is 3.74. The first-order chi connectivity index (χ1) is 8.88. The Hall–Kier alpha value is -2.24. The molecule has 1 aromatic rings. The van der Waals surface area contributed by atoms with Gasteiger partial charge in [0, 0.05) is 24.5 Å². The summed E-state index contributed by atoms with van der Waals surface area (Å²) in [4.78, 5) is 24.7. The Morgan fingerprint density at radius 1 is 1.37 bits per heavy atom. The van der Waals surface area contributed by atoms with Crippen LogP contribution in [0.5, 0.6) is 0 Å². The van der Waals surface area contributed by atoms with Crippen molar-refractivity contribution >= 4 is 23.3 Å². The normalized spacial score (nSPS) is 10.1. The predicted octanol–water partition coefficient (Wildman–Crippen LogP) is 1.26. The minimum Gasteiger partial charge on any atom is -0.399 e. The van der Waals surface area contributed by atoms with Gasteiger partial charge in [-0.1, -0.05) is 6.07 Å². The average Bonchev–Trinajstić information content (AvgIpc) is 2.27. The number of carbonyl (C=O) groups is 2. The maximum Gasteiger partial charge on any atom is 0.322 e. The smallest absolute Gasteiger partial charge is 0.322 e. The van der Waals surface area contributed by atoms with Crippen LogP contribution in [-0.4, -0.2) is 36.5 Å². The number of nitrogens with one attached hydrogen (secondary N) is 2. The molecular weight excluding hydrogens is 244 g/mol. The van der Waals surface area contributed by atoms with Gasteiger partial charge in [-0.05, 0) is 32.0 Å². The van der Waals surface area contributed by atoms with Gasteiger partial charge in [-0.3, -0.25) is 4.79 Å². The first-order valence-corrected chi connectivity index (χ1v) is 6.05. The summed E-state index contributed by atoms with van der Waals surface area (Å²) >= 11 is 0. The van der Waals surface area contributed by atoms with E-state index in [-0.39, 0.29) is 24.5 Å². The van der Waals surface area contributed by atoms with Crippen LogP contribution in [0.3, 0.4) is 0 Å². The molecule has 6 nitrogen and oxygen atoms in total. The van der Waals surface area contributed by atoms with E-state index in [0.29, 0.717) is 11.4 Å². The lowest BCUT2D eigenvalue weighted by atomic mass is 10.3. The number of likely N-dealkylation sites (N-methyl/N-ethyl adjacent to an activating group) is 1. The number of carbonyl (C=O) groups excluding carboxylic acids is 2. The maximum atomic E-state index is 11.8. The van der Waals surface area contributed by atoms with Gasteiger partial charge in [0.05, 0.1) is 0 Å². The molecule has 0 unspecified atom stereocenters. The molecule has 0 atom stereocenters. The lowest BCUT2D eigenvalue weighted by molar-refractivity contribution is -0.121. The molecule has 0 aliphatic rings. The maximum absolute atomic E-state index is 11.8. The second kappa shape index (κ2) is 6.63. The van der Waals surface area contributed by atoms with Crippen molar-refractivity contribution < 1.29 is 9.59 Å². The number of nitrogens with two attached hydrogens (primary N) is 1. The zero-order valence-electron chi connectivity index (χ0n) is 11.4. The van der Waals surface area contributed by atoms with Gasteiger partial charge in [-0.25, -0.2) is 4.79 Å². The van der Waals surface area contributed by atoms with Gasteiger partial charge in [0.1, 0.15) is 6.54 Å². The molecule has 3 amide bonds. The van der Waals surface area contributed by atoms with E-state index in [1.54, 1.807) is 31.3 Å². The molecular formula is C13H20N4O2. The summed E-state index contributed by atoms with van der Waals surface area (Å²) in [5.41, 5.74) is 6.78. The standard InChI is InChI=1S/C13H20N4O2/c1-9(2)15-12(18)8-17(3)13(19)16-11-6-4-5-10(14)7-11/h4-7,9H,8,14H2,1-3H3,(H,15,18)(H,16,19). The van der Waals surface area contributed by atoms with E-state index in [1.807, 2.05) is 13.8 Å². The molecule has 0 aliphatic heterocycles. The molecule has 0 saturated carbocycles. The van der Waals surface area contributed by atoms with Gasteiger partial charge in [-0.15, -0.1) is 0 Å². The number of hydrogen-bond donors (Lipinski definition) is 3. The van der Waals surface area contributed by atoms with Crippen molar-refractivity contribution in [3.05, 3.63) is 24.3 Å². The molecule has 4 N–H and O–H groups in total. The van der Waals surface area contributed by atoms with Crippen LogP contribution < -0.4 is 16.4 Å². The van der Waals surface area contributed by atoms with Crippen LogP contribution in [-0.2, 0) is 4.79 Å². The van der Waals surface area contributed by atoms with E-state index in [1.165, 1.54) is 4.90 Å². The number of anilines is 2. The van der Waals surface area contributed by atoms with Crippen molar-refractivity contribution in [1.82, 2.24) is 10.2 Å². The first kappa shape index (κ1) is 14.8. The number of amides is 3. The number of urea groups is 1. The second-order valence-corrected chi connectivity index (χ2v) is 4.63. The van der Waals surface area contributed by atoms with Gasteiger partial charge in [0.25, 0.3) is 0 Å². The average molecular weight is 264 g/mol. The van der Waals surface area contributed by atoms with E-state index >= 15 is 0 Å². The largest absolute Gasteiger partial charge is 0.399 e. The SMILES string of the molecule is CC(C)NC(=O)CN(C)C(=O)Nc1cccc(N)c1. The molecule has 0 aliphatic carbocycles. The Labute approximate surface area is 113 Å². The molecule has 1 rings (SSSR count). The highest BCUT2D eigenvalue weighted by atomic mass is 16.2. The quantitative estimate of drug-likeness (QED) is 0.715. The van der Waals surface area contributed by atoms with Crippen LogP contribution in [0.15, 0.2) is 24.3 Å². The van der Waals surface area contributed by atoms with E-state index in [2.05, 4.69) is 10.6 Å². The molecule has 0 saturated heterocycles. The van der Waals surface area contributed by atoms with E-state index in [9.17, 15) is 9.59 Å². The Balaban J connectivity index is 2.51. The van der Waals surface area contributed by atoms with Crippen LogP contribution in [0.1, 0.15) is 13.8 Å². The molecule has 19 heavy (non-hydrogen) atoms. The van der Waals surface area contributed by atoms with Crippen LogP contribution in [0.25, 0.3) is 0 Å². The minimum absolute atomic E-state index is 0.00628. The van der Waals surface area contributed by atoms with Crippen LogP contribution in [0.4, 0.5) is 16.2 Å². The molecule has 0 aromatic heterocycles. The van der Waals surface area contributed by atoms with Crippen molar-refractivity contribution in [2.75, 3.05) is 24.6 Å².